The van der Waals surface area contributed by atoms with Crippen molar-refractivity contribution in [1.82, 2.24) is 10.2 Å². The third kappa shape index (κ3) is 5.93. The number of nitrogens with zero attached hydrogens (tertiary/aromatic N) is 1. The van der Waals surface area contributed by atoms with Gasteiger partial charge in [-0.05, 0) is 38.4 Å². The van der Waals surface area contributed by atoms with Crippen molar-refractivity contribution < 1.29 is 0 Å². The van der Waals surface area contributed by atoms with Gasteiger partial charge in [0, 0.05) is 18.8 Å². The van der Waals surface area contributed by atoms with E-state index in [0.717, 1.165) is 18.8 Å². The zero-order valence-corrected chi connectivity index (χ0v) is 12.7. The summed E-state index contributed by atoms with van der Waals surface area (Å²) in [5.74, 6) is 0. The van der Waals surface area contributed by atoms with Crippen LogP contribution >= 0.6 is 0 Å². The van der Waals surface area contributed by atoms with Gasteiger partial charge in [-0.15, -0.1) is 0 Å². The van der Waals surface area contributed by atoms with Crippen molar-refractivity contribution in [1.29, 1.82) is 0 Å². The van der Waals surface area contributed by atoms with Gasteiger partial charge in [0.05, 0.1) is 0 Å². The second-order valence-corrected chi connectivity index (χ2v) is 5.11. The van der Waals surface area contributed by atoms with Crippen molar-refractivity contribution in [3.05, 3.63) is 42.0 Å². The maximum atomic E-state index is 4.11. The van der Waals surface area contributed by atoms with Crippen LogP contribution in [0.3, 0.4) is 0 Å². The SMILES string of the molecule is C=C(NCCN(CCC)CCC)c1ccc(C)cc1. The number of rotatable bonds is 9. The van der Waals surface area contributed by atoms with Crippen LogP contribution in [0.4, 0.5) is 0 Å². The van der Waals surface area contributed by atoms with Crippen LogP contribution in [0.2, 0.25) is 0 Å². The third-order valence-corrected chi connectivity index (χ3v) is 3.25. The highest BCUT2D eigenvalue weighted by atomic mass is 15.1. The molecule has 19 heavy (non-hydrogen) atoms. The van der Waals surface area contributed by atoms with Crippen LogP contribution in [0.15, 0.2) is 30.8 Å². The number of aryl methyl sites for hydroxylation is 1. The van der Waals surface area contributed by atoms with Gasteiger partial charge in [0.25, 0.3) is 0 Å². The molecule has 0 radical (unpaired) electrons. The lowest BCUT2D eigenvalue weighted by Crippen LogP contribution is -2.32. The van der Waals surface area contributed by atoms with E-state index in [9.17, 15) is 0 Å². The molecule has 0 heterocycles. The van der Waals surface area contributed by atoms with E-state index in [4.69, 9.17) is 0 Å². The second-order valence-electron chi connectivity index (χ2n) is 5.11. The molecular weight excluding hydrogens is 232 g/mol. The molecule has 2 nitrogen and oxygen atoms in total. The molecule has 2 heteroatoms. The predicted molar refractivity (Wildman–Crippen MR) is 85.2 cm³/mol. The Hall–Kier alpha value is -1.28. The number of hydrogen-bond donors (Lipinski definition) is 1. The first-order valence-electron chi connectivity index (χ1n) is 7.39. The van der Waals surface area contributed by atoms with E-state index in [1.54, 1.807) is 0 Å². The zero-order chi connectivity index (χ0) is 14.1. The Balaban J connectivity index is 2.35. The monoisotopic (exact) mass is 260 g/mol. The van der Waals surface area contributed by atoms with Crippen LogP contribution in [0, 0.1) is 6.92 Å². The summed E-state index contributed by atoms with van der Waals surface area (Å²) in [6, 6.07) is 8.51. The normalized spacial score (nSPS) is 10.7. The average Bonchev–Trinajstić information content (AvgIpc) is 2.40. The average molecular weight is 260 g/mol. The first kappa shape index (κ1) is 15.8. The van der Waals surface area contributed by atoms with Crippen molar-refractivity contribution in [3.63, 3.8) is 0 Å². The van der Waals surface area contributed by atoms with Gasteiger partial charge >= 0.3 is 0 Å². The van der Waals surface area contributed by atoms with Crippen molar-refractivity contribution in [3.8, 4) is 0 Å². The minimum atomic E-state index is 0.965. The van der Waals surface area contributed by atoms with Gasteiger partial charge in [-0.2, -0.15) is 0 Å². The molecule has 1 rings (SSSR count). The largest absolute Gasteiger partial charge is 0.384 e. The molecule has 0 aromatic heterocycles. The molecule has 0 spiro atoms. The molecule has 0 unspecified atom stereocenters. The second kappa shape index (κ2) is 8.76. The van der Waals surface area contributed by atoms with Crippen LogP contribution < -0.4 is 5.32 Å². The Bertz CT molecular complexity index is 361. The van der Waals surface area contributed by atoms with E-state index in [-0.39, 0.29) is 0 Å². The van der Waals surface area contributed by atoms with Gasteiger partial charge in [0.15, 0.2) is 0 Å². The van der Waals surface area contributed by atoms with Crippen molar-refractivity contribution in [2.45, 2.75) is 33.6 Å². The molecule has 0 aliphatic carbocycles. The Labute approximate surface area is 118 Å². The molecule has 1 aromatic rings. The molecule has 1 aromatic carbocycles. The summed E-state index contributed by atoms with van der Waals surface area (Å²) in [4.78, 5) is 2.51. The number of benzene rings is 1. The lowest BCUT2D eigenvalue weighted by molar-refractivity contribution is 0.278. The molecule has 0 saturated carbocycles. The van der Waals surface area contributed by atoms with E-state index < -0.39 is 0 Å². The first-order valence-corrected chi connectivity index (χ1v) is 7.39. The lowest BCUT2D eigenvalue weighted by atomic mass is 10.1. The van der Waals surface area contributed by atoms with Crippen LogP contribution in [0.1, 0.15) is 37.8 Å². The summed E-state index contributed by atoms with van der Waals surface area (Å²) in [6.07, 6.45) is 2.44. The molecule has 106 valence electrons. The van der Waals surface area contributed by atoms with Gasteiger partial charge in [-0.1, -0.05) is 50.3 Å². The molecule has 0 fully saturated rings. The summed E-state index contributed by atoms with van der Waals surface area (Å²) in [6.45, 7) is 15.1. The van der Waals surface area contributed by atoms with Crippen LogP contribution in [-0.4, -0.2) is 31.1 Å². The van der Waals surface area contributed by atoms with Gasteiger partial charge in [-0.3, -0.25) is 0 Å². The highest BCUT2D eigenvalue weighted by Gasteiger charge is 2.03. The summed E-state index contributed by atoms with van der Waals surface area (Å²) >= 11 is 0. The third-order valence-electron chi connectivity index (χ3n) is 3.25. The molecule has 0 aliphatic rings. The Morgan fingerprint density at radius 2 is 1.63 bits per heavy atom. The van der Waals surface area contributed by atoms with Gasteiger partial charge in [-0.25, -0.2) is 0 Å². The summed E-state index contributed by atoms with van der Waals surface area (Å²) in [7, 11) is 0. The molecule has 0 atom stereocenters. The predicted octanol–water partition coefficient (Wildman–Crippen LogP) is 3.68. The van der Waals surface area contributed by atoms with Crippen LogP contribution in [-0.2, 0) is 0 Å². The summed E-state index contributed by atoms with van der Waals surface area (Å²) < 4.78 is 0. The topological polar surface area (TPSA) is 15.3 Å². The molecule has 0 bridgehead atoms. The van der Waals surface area contributed by atoms with Crippen molar-refractivity contribution in [2.24, 2.45) is 0 Å². The fourth-order valence-corrected chi connectivity index (χ4v) is 2.19. The Morgan fingerprint density at radius 3 is 2.16 bits per heavy atom. The van der Waals surface area contributed by atoms with Crippen molar-refractivity contribution >= 4 is 5.70 Å². The lowest BCUT2D eigenvalue weighted by Gasteiger charge is -2.21. The standard InChI is InChI=1S/C17H28N2/c1-5-12-19(13-6-2)14-11-18-16(4)17-9-7-15(3)8-10-17/h7-10,18H,4-6,11-14H2,1-3H3. The van der Waals surface area contributed by atoms with E-state index in [1.807, 2.05) is 0 Å². The maximum Gasteiger partial charge on any atom is 0.0341 e. The molecule has 0 saturated heterocycles. The number of nitrogens with one attached hydrogen (secondary N) is 1. The molecular formula is C17H28N2. The zero-order valence-electron chi connectivity index (χ0n) is 12.7. The van der Waals surface area contributed by atoms with E-state index in [1.165, 1.54) is 37.1 Å². The van der Waals surface area contributed by atoms with Crippen LogP contribution in [0.5, 0.6) is 0 Å². The minimum Gasteiger partial charge on any atom is -0.384 e. The molecule has 0 aliphatic heterocycles. The number of hydrogen-bond acceptors (Lipinski definition) is 2. The van der Waals surface area contributed by atoms with E-state index in [0.29, 0.717) is 0 Å². The van der Waals surface area contributed by atoms with E-state index >= 15 is 0 Å². The van der Waals surface area contributed by atoms with Gasteiger partial charge in [0.2, 0.25) is 0 Å². The van der Waals surface area contributed by atoms with Gasteiger partial charge < -0.3 is 10.2 Å². The van der Waals surface area contributed by atoms with E-state index in [2.05, 4.69) is 61.8 Å². The Kier molecular flexibility index (Phi) is 7.27. The van der Waals surface area contributed by atoms with Gasteiger partial charge in [0.1, 0.15) is 0 Å². The smallest absolute Gasteiger partial charge is 0.0341 e. The first-order chi connectivity index (χ1) is 9.17. The Morgan fingerprint density at radius 1 is 1.05 bits per heavy atom. The maximum absolute atomic E-state index is 4.11. The summed E-state index contributed by atoms with van der Waals surface area (Å²) in [5, 5.41) is 3.43. The quantitative estimate of drug-likeness (QED) is 0.728. The molecule has 0 amide bonds. The fraction of sp³-hybridized carbons (Fsp3) is 0.529. The van der Waals surface area contributed by atoms with Crippen molar-refractivity contribution in [2.75, 3.05) is 26.2 Å². The minimum absolute atomic E-state index is 0.965. The highest BCUT2D eigenvalue weighted by Crippen LogP contribution is 2.10. The summed E-state index contributed by atoms with van der Waals surface area (Å²) in [5.41, 5.74) is 3.49. The van der Waals surface area contributed by atoms with Crippen LogP contribution in [0.25, 0.3) is 5.70 Å². The fourth-order valence-electron chi connectivity index (χ4n) is 2.19. The molecule has 1 N–H and O–H groups in total. The highest BCUT2D eigenvalue weighted by molar-refractivity contribution is 5.61.